The first-order valence-corrected chi connectivity index (χ1v) is 7.01. The van der Waals surface area contributed by atoms with E-state index < -0.39 is 5.41 Å². The van der Waals surface area contributed by atoms with Crippen molar-refractivity contribution in [1.29, 1.82) is 0 Å². The topological polar surface area (TPSA) is 32.3 Å². The highest BCUT2D eigenvalue weighted by molar-refractivity contribution is 6.19. The number of carbonyl (C=O) groups excluding carboxylic acids is 1. The second-order valence-corrected chi connectivity index (χ2v) is 6.16. The van der Waals surface area contributed by atoms with Crippen LogP contribution in [0, 0.1) is 5.41 Å². The lowest BCUT2D eigenvalue weighted by atomic mass is 9.93. The molecule has 1 saturated heterocycles. The summed E-state index contributed by atoms with van der Waals surface area (Å²) in [4.78, 5) is 14.4. The molecule has 0 unspecified atom stereocenters. The van der Waals surface area contributed by atoms with Crippen molar-refractivity contribution in [3.05, 3.63) is 0 Å². The lowest BCUT2D eigenvalue weighted by molar-refractivity contribution is -0.129. The smallest absolute Gasteiger partial charge is 0.227 e. The zero-order valence-corrected chi connectivity index (χ0v) is 12.2. The second kappa shape index (κ2) is 6.05. The Labute approximate surface area is 110 Å². The van der Waals surface area contributed by atoms with Gasteiger partial charge in [-0.1, -0.05) is 0 Å². The summed E-state index contributed by atoms with van der Waals surface area (Å²) in [6.07, 6.45) is 2.09. The lowest BCUT2D eigenvalue weighted by Gasteiger charge is -2.36. The van der Waals surface area contributed by atoms with Gasteiger partial charge in [0.1, 0.15) is 0 Å². The van der Waals surface area contributed by atoms with Crippen LogP contribution in [-0.4, -0.2) is 41.9 Å². The molecule has 1 amide bonds. The number of hydrogen-bond acceptors (Lipinski definition) is 2. The summed E-state index contributed by atoms with van der Waals surface area (Å²) in [6.45, 7) is 10.4. The van der Waals surface area contributed by atoms with Gasteiger partial charge in [0.05, 0.1) is 5.41 Å². The summed E-state index contributed by atoms with van der Waals surface area (Å²) in [6, 6.07) is 0.922. The van der Waals surface area contributed by atoms with E-state index >= 15 is 0 Å². The van der Waals surface area contributed by atoms with E-state index in [1.807, 2.05) is 13.8 Å². The van der Waals surface area contributed by atoms with E-state index in [1.54, 1.807) is 0 Å². The van der Waals surface area contributed by atoms with Gasteiger partial charge >= 0.3 is 0 Å². The highest BCUT2D eigenvalue weighted by Gasteiger charge is 2.29. The molecule has 1 aliphatic rings. The molecule has 0 aromatic heterocycles. The highest BCUT2D eigenvalue weighted by atomic mass is 35.5. The molecular weight excluding hydrogens is 236 g/mol. The number of nitrogens with zero attached hydrogens (tertiary/aromatic N) is 1. The second-order valence-electron chi connectivity index (χ2n) is 5.89. The maximum atomic E-state index is 12.0. The van der Waals surface area contributed by atoms with Crippen LogP contribution >= 0.6 is 11.6 Å². The SMILES string of the molecule is CC(C)N1CCC(NC(=O)C(C)(C)CCl)CC1. The molecule has 17 heavy (non-hydrogen) atoms. The Kier molecular flexibility index (Phi) is 5.26. The Morgan fingerprint density at radius 1 is 1.41 bits per heavy atom. The molecule has 100 valence electrons. The number of carbonyl (C=O) groups is 1. The molecule has 1 aliphatic heterocycles. The third-order valence-corrected chi connectivity index (χ3v) is 4.21. The van der Waals surface area contributed by atoms with Crippen LogP contribution < -0.4 is 5.32 Å². The van der Waals surface area contributed by atoms with Gasteiger partial charge in [0.15, 0.2) is 0 Å². The fourth-order valence-corrected chi connectivity index (χ4v) is 2.12. The van der Waals surface area contributed by atoms with Gasteiger partial charge in [-0.15, -0.1) is 11.6 Å². The van der Waals surface area contributed by atoms with Crippen molar-refractivity contribution >= 4 is 17.5 Å². The molecule has 0 saturated carbocycles. The standard InChI is InChI=1S/C13H25ClN2O/c1-10(2)16-7-5-11(6-8-16)15-12(17)13(3,4)9-14/h10-11H,5-9H2,1-4H3,(H,15,17). The highest BCUT2D eigenvalue weighted by Crippen LogP contribution is 2.19. The average Bonchev–Trinajstić information content (AvgIpc) is 2.29. The number of hydrogen-bond donors (Lipinski definition) is 1. The molecule has 4 heteroatoms. The van der Waals surface area contributed by atoms with Gasteiger partial charge in [-0.05, 0) is 40.5 Å². The fraction of sp³-hybridized carbons (Fsp3) is 0.923. The molecule has 0 aromatic rings. The Morgan fingerprint density at radius 2 is 1.94 bits per heavy atom. The van der Waals surface area contributed by atoms with Crippen LogP contribution in [0.3, 0.4) is 0 Å². The van der Waals surface area contributed by atoms with Gasteiger partial charge in [0.2, 0.25) is 5.91 Å². The number of piperidine rings is 1. The van der Waals surface area contributed by atoms with Crippen LogP contribution in [0.2, 0.25) is 0 Å². The van der Waals surface area contributed by atoms with Crippen LogP contribution in [0.15, 0.2) is 0 Å². The number of amides is 1. The predicted octanol–water partition coefficient (Wildman–Crippen LogP) is 2.24. The van der Waals surface area contributed by atoms with E-state index in [0.717, 1.165) is 25.9 Å². The number of alkyl halides is 1. The van der Waals surface area contributed by atoms with Crippen molar-refractivity contribution < 1.29 is 4.79 Å². The first-order chi connectivity index (χ1) is 7.86. The summed E-state index contributed by atoms with van der Waals surface area (Å²) in [5.41, 5.74) is -0.462. The molecule has 1 N–H and O–H groups in total. The van der Waals surface area contributed by atoms with E-state index in [4.69, 9.17) is 11.6 Å². The van der Waals surface area contributed by atoms with Crippen molar-refractivity contribution in [2.24, 2.45) is 5.41 Å². The van der Waals surface area contributed by atoms with Crippen LogP contribution in [0.25, 0.3) is 0 Å². The largest absolute Gasteiger partial charge is 0.353 e. The van der Waals surface area contributed by atoms with Gasteiger partial charge in [-0.2, -0.15) is 0 Å². The van der Waals surface area contributed by atoms with Crippen LogP contribution in [-0.2, 0) is 4.79 Å². The van der Waals surface area contributed by atoms with Crippen molar-refractivity contribution in [3.63, 3.8) is 0 Å². The zero-order chi connectivity index (χ0) is 13.1. The number of rotatable bonds is 4. The molecule has 0 spiro atoms. The average molecular weight is 261 g/mol. The van der Waals surface area contributed by atoms with Crippen molar-refractivity contribution in [2.45, 2.75) is 52.6 Å². The van der Waals surface area contributed by atoms with E-state index in [-0.39, 0.29) is 5.91 Å². The van der Waals surface area contributed by atoms with Crippen LogP contribution in [0.5, 0.6) is 0 Å². The Bertz CT molecular complexity index is 258. The molecule has 0 aromatic carbocycles. The van der Waals surface area contributed by atoms with E-state index in [1.165, 1.54) is 0 Å². The Balaban J connectivity index is 2.38. The van der Waals surface area contributed by atoms with Crippen molar-refractivity contribution in [2.75, 3.05) is 19.0 Å². The summed E-state index contributed by atoms with van der Waals surface area (Å²) in [7, 11) is 0. The maximum Gasteiger partial charge on any atom is 0.227 e. The molecule has 1 heterocycles. The minimum absolute atomic E-state index is 0.0792. The summed E-state index contributed by atoms with van der Waals surface area (Å²) < 4.78 is 0. The summed E-state index contributed by atoms with van der Waals surface area (Å²) >= 11 is 5.80. The molecule has 0 bridgehead atoms. The monoisotopic (exact) mass is 260 g/mol. The number of halogens is 1. The summed E-state index contributed by atoms with van der Waals surface area (Å²) in [5.74, 6) is 0.444. The third kappa shape index (κ3) is 4.14. The normalized spacial score (nSPS) is 19.6. The molecule has 1 rings (SSSR count). The molecule has 3 nitrogen and oxygen atoms in total. The first-order valence-electron chi connectivity index (χ1n) is 6.48. The molecular formula is C13H25ClN2O. The minimum atomic E-state index is -0.462. The lowest BCUT2D eigenvalue weighted by Crippen LogP contribution is -2.49. The van der Waals surface area contributed by atoms with Crippen LogP contribution in [0.4, 0.5) is 0 Å². The predicted molar refractivity (Wildman–Crippen MR) is 72.4 cm³/mol. The molecule has 0 aliphatic carbocycles. The van der Waals surface area contributed by atoms with E-state index in [2.05, 4.69) is 24.1 Å². The van der Waals surface area contributed by atoms with Gasteiger partial charge in [0.25, 0.3) is 0 Å². The van der Waals surface area contributed by atoms with Crippen molar-refractivity contribution in [1.82, 2.24) is 10.2 Å². The number of likely N-dealkylation sites (tertiary alicyclic amines) is 1. The van der Waals surface area contributed by atoms with Gasteiger partial charge in [-0.25, -0.2) is 0 Å². The minimum Gasteiger partial charge on any atom is -0.353 e. The zero-order valence-electron chi connectivity index (χ0n) is 11.4. The van der Waals surface area contributed by atoms with Crippen LogP contribution in [0.1, 0.15) is 40.5 Å². The molecule has 0 atom stereocenters. The maximum absolute atomic E-state index is 12.0. The van der Waals surface area contributed by atoms with E-state index in [9.17, 15) is 4.79 Å². The fourth-order valence-electron chi connectivity index (χ4n) is 2.00. The van der Waals surface area contributed by atoms with Gasteiger partial charge in [-0.3, -0.25) is 4.79 Å². The quantitative estimate of drug-likeness (QED) is 0.787. The third-order valence-electron chi connectivity index (χ3n) is 3.54. The molecule has 0 radical (unpaired) electrons. The Hall–Kier alpha value is -0.280. The van der Waals surface area contributed by atoms with Gasteiger partial charge < -0.3 is 10.2 Å². The number of nitrogens with one attached hydrogen (secondary N) is 1. The van der Waals surface area contributed by atoms with Gasteiger partial charge in [0, 0.05) is 31.1 Å². The summed E-state index contributed by atoms with van der Waals surface area (Å²) in [5, 5.41) is 3.12. The molecule has 1 fully saturated rings. The first kappa shape index (κ1) is 14.8. The van der Waals surface area contributed by atoms with Crippen molar-refractivity contribution in [3.8, 4) is 0 Å². The van der Waals surface area contributed by atoms with E-state index in [0.29, 0.717) is 18.0 Å². The Morgan fingerprint density at radius 3 is 2.35 bits per heavy atom.